The lowest BCUT2D eigenvalue weighted by molar-refractivity contribution is 0.0949. The van der Waals surface area contributed by atoms with Crippen molar-refractivity contribution in [3.63, 3.8) is 0 Å². The maximum absolute atomic E-state index is 12.1. The van der Waals surface area contributed by atoms with Crippen molar-refractivity contribution in [2.75, 3.05) is 19.0 Å². The lowest BCUT2D eigenvalue weighted by Crippen LogP contribution is -2.28. The van der Waals surface area contributed by atoms with Crippen LogP contribution in [-0.4, -0.2) is 35.1 Å². The maximum Gasteiger partial charge on any atom is 0.271 e. The van der Waals surface area contributed by atoms with Crippen molar-refractivity contribution >= 4 is 11.7 Å². The smallest absolute Gasteiger partial charge is 0.271 e. The maximum atomic E-state index is 12.1. The second-order valence-corrected chi connectivity index (χ2v) is 6.52. The van der Waals surface area contributed by atoms with Crippen molar-refractivity contribution in [2.24, 2.45) is 0 Å². The van der Waals surface area contributed by atoms with E-state index >= 15 is 0 Å². The van der Waals surface area contributed by atoms with E-state index < -0.39 is 0 Å². The molecule has 0 atom stereocenters. The number of carbonyl (C=O) groups excluding carboxylic acids is 1. The number of benzene rings is 1. The molecular formula is C18H24N4O2. The Bertz CT molecular complexity index is 678. The molecule has 0 aliphatic rings. The van der Waals surface area contributed by atoms with E-state index in [0.29, 0.717) is 18.1 Å². The van der Waals surface area contributed by atoms with Crippen LogP contribution in [0, 0.1) is 0 Å². The van der Waals surface area contributed by atoms with Gasteiger partial charge in [0.15, 0.2) is 0 Å². The van der Waals surface area contributed by atoms with Gasteiger partial charge in [-0.2, -0.15) is 0 Å². The molecule has 2 aromatic rings. The van der Waals surface area contributed by atoms with Crippen LogP contribution < -0.4 is 15.4 Å². The summed E-state index contributed by atoms with van der Waals surface area (Å²) in [6, 6.07) is 7.79. The normalized spacial score (nSPS) is 11.0. The predicted octanol–water partition coefficient (Wildman–Crippen LogP) is 2.67. The number of carbonyl (C=O) groups is 1. The van der Waals surface area contributed by atoms with Crippen molar-refractivity contribution in [1.29, 1.82) is 0 Å². The molecule has 0 radical (unpaired) electrons. The molecule has 0 aliphatic carbocycles. The van der Waals surface area contributed by atoms with Crippen LogP contribution >= 0.6 is 0 Å². The minimum absolute atomic E-state index is 0.102. The first-order valence-electron chi connectivity index (χ1n) is 7.89. The second kappa shape index (κ2) is 7.77. The van der Waals surface area contributed by atoms with Gasteiger partial charge in [-0.25, -0.2) is 9.97 Å². The SMILES string of the molecule is COc1cccc(CCNC(=O)c2cnc(NC(C)(C)C)cn2)c1. The van der Waals surface area contributed by atoms with Crippen LogP contribution in [0.2, 0.25) is 0 Å². The Morgan fingerprint density at radius 1 is 1.21 bits per heavy atom. The number of hydrogen-bond donors (Lipinski definition) is 2. The number of ether oxygens (including phenoxy) is 1. The summed E-state index contributed by atoms with van der Waals surface area (Å²) in [5, 5.41) is 6.06. The molecule has 0 unspecified atom stereocenters. The first kappa shape index (κ1) is 17.7. The van der Waals surface area contributed by atoms with Gasteiger partial charge in [0, 0.05) is 12.1 Å². The summed E-state index contributed by atoms with van der Waals surface area (Å²) < 4.78 is 5.19. The lowest BCUT2D eigenvalue weighted by atomic mass is 10.1. The fourth-order valence-corrected chi connectivity index (χ4v) is 2.13. The highest BCUT2D eigenvalue weighted by molar-refractivity contribution is 5.92. The van der Waals surface area contributed by atoms with Crippen molar-refractivity contribution in [3.8, 4) is 5.75 Å². The summed E-state index contributed by atoms with van der Waals surface area (Å²) in [6.45, 7) is 6.63. The fraction of sp³-hybridized carbons (Fsp3) is 0.389. The number of aromatic nitrogens is 2. The number of hydrogen-bond acceptors (Lipinski definition) is 5. The van der Waals surface area contributed by atoms with E-state index in [1.807, 2.05) is 45.0 Å². The Morgan fingerprint density at radius 2 is 2.00 bits per heavy atom. The average molecular weight is 328 g/mol. The Morgan fingerprint density at radius 3 is 2.62 bits per heavy atom. The summed E-state index contributed by atoms with van der Waals surface area (Å²) in [5.41, 5.74) is 1.31. The largest absolute Gasteiger partial charge is 0.497 e. The zero-order valence-corrected chi connectivity index (χ0v) is 14.6. The monoisotopic (exact) mass is 328 g/mol. The number of nitrogens with zero attached hydrogens (tertiary/aromatic N) is 2. The van der Waals surface area contributed by atoms with Crippen molar-refractivity contribution < 1.29 is 9.53 Å². The van der Waals surface area contributed by atoms with Gasteiger partial charge in [0.25, 0.3) is 5.91 Å². The third kappa shape index (κ3) is 5.53. The van der Waals surface area contributed by atoms with Gasteiger partial charge in [0.05, 0.1) is 19.5 Å². The van der Waals surface area contributed by atoms with Gasteiger partial charge >= 0.3 is 0 Å². The molecule has 1 amide bonds. The fourth-order valence-electron chi connectivity index (χ4n) is 2.13. The molecule has 0 saturated heterocycles. The van der Waals surface area contributed by atoms with Crippen LogP contribution in [0.25, 0.3) is 0 Å². The molecule has 0 spiro atoms. The summed E-state index contributed by atoms with van der Waals surface area (Å²) >= 11 is 0. The third-order valence-corrected chi connectivity index (χ3v) is 3.22. The topological polar surface area (TPSA) is 76.1 Å². The molecule has 0 saturated carbocycles. The molecule has 2 rings (SSSR count). The summed E-state index contributed by atoms with van der Waals surface area (Å²) in [5.74, 6) is 1.23. The Balaban J connectivity index is 1.86. The van der Waals surface area contributed by atoms with Crippen LogP contribution in [0.15, 0.2) is 36.7 Å². The van der Waals surface area contributed by atoms with Crippen molar-refractivity contribution in [2.45, 2.75) is 32.7 Å². The summed E-state index contributed by atoms with van der Waals surface area (Å²) in [4.78, 5) is 20.5. The van der Waals surface area contributed by atoms with Crippen LogP contribution in [0.3, 0.4) is 0 Å². The summed E-state index contributed by atoms with van der Waals surface area (Å²) in [6.07, 6.45) is 3.78. The summed E-state index contributed by atoms with van der Waals surface area (Å²) in [7, 11) is 1.64. The quantitative estimate of drug-likeness (QED) is 0.852. The van der Waals surface area contributed by atoms with E-state index in [0.717, 1.165) is 17.7 Å². The zero-order valence-electron chi connectivity index (χ0n) is 14.6. The predicted molar refractivity (Wildman–Crippen MR) is 94.4 cm³/mol. The first-order chi connectivity index (χ1) is 11.4. The minimum Gasteiger partial charge on any atom is -0.497 e. The standard InChI is InChI=1S/C18H24N4O2/c1-18(2,3)22-16-12-20-15(11-21-16)17(23)19-9-8-13-6-5-7-14(10-13)24-4/h5-7,10-12H,8-9H2,1-4H3,(H,19,23)(H,21,22). The molecule has 24 heavy (non-hydrogen) atoms. The van der Waals surface area contributed by atoms with Crippen LogP contribution in [0.5, 0.6) is 5.75 Å². The van der Waals surface area contributed by atoms with Crippen LogP contribution in [-0.2, 0) is 6.42 Å². The van der Waals surface area contributed by atoms with Gasteiger partial charge in [-0.1, -0.05) is 12.1 Å². The van der Waals surface area contributed by atoms with Gasteiger partial charge in [0.1, 0.15) is 17.3 Å². The Kier molecular flexibility index (Phi) is 5.73. The van der Waals surface area contributed by atoms with Crippen LogP contribution in [0.4, 0.5) is 5.82 Å². The molecule has 1 heterocycles. The first-order valence-corrected chi connectivity index (χ1v) is 7.89. The van der Waals surface area contributed by atoms with E-state index in [2.05, 4.69) is 20.6 Å². The molecular weight excluding hydrogens is 304 g/mol. The molecule has 0 bridgehead atoms. The van der Waals surface area contributed by atoms with Gasteiger partial charge in [-0.15, -0.1) is 0 Å². The van der Waals surface area contributed by atoms with E-state index in [1.54, 1.807) is 13.3 Å². The molecule has 6 heteroatoms. The van der Waals surface area contributed by atoms with Gasteiger partial charge in [-0.3, -0.25) is 4.79 Å². The van der Waals surface area contributed by atoms with Gasteiger partial charge < -0.3 is 15.4 Å². The number of nitrogens with one attached hydrogen (secondary N) is 2. The number of rotatable bonds is 6. The van der Waals surface area contributed by atoms with Crippen LogP contribution in [0.1, 0.15) is 36.8 Å². The molecule has 0 fully saturated rings. The third-order valence-electron chi connectivity index (χ3n) is 3.22. The Hall–Kier alpha value is -2.63. The second-order valence-electron chi connectivity index (χ2n) is 6.52. The molecule has 2 N–H and O–H groups in total. The van der Waals surface area contributed by atoms with Gasteiger partial charge in [0.2, 0.25) is 0 Å². The number of methoxy groups -OCH3 is 1. The molecule has 128 valence electrons. The van der Waals surface area contributed by atoms with Gasteiger partial charge in [-0.05, 0) is 44.9 Å². The minimum atomic E-state index is -0.229. The zero-order chi connectivity index (χ0) is 17.6. The van der Waals surface area contributed by atoms with E-state index in [9.17, 15) is 4.79 Å². The van der Waals surface area contributed by atoms with E-state index in [-0.39, 0.29) is 11.4 Å². The highest BCUT2D eigenvalue weighted by atomic mass is 16.5. The number of anilines is 1. The molecule has 1 aromatic heterocycles. The number of amides is 1. The molecule has 1 aromatic carbocycles. The Labute approximate surface area is 142 Å². The van der Waals surface area contributed by atoms with Crippen molar-refractivity contribution in [3.05, 3.63) is 47.9 Å². The molecule has 6 nitrogen and oxygen atoms in total. The van der Waals surface area contributed by atoms with E-state index in [4.69, 9.17) is 4.74 Å². The highest BCUT2D eigenvalue weighted by Crippen LogP contribution is 2.13. The highest BCUT2D eigenvalue weighted by Gasteiger charge is 2.12. The lowest BCUT2D eigenvalue weighted by Gasteiger charge is -2.20. The molecule has 0 aliphatic heterocycles. The van der Waals surface area contributed by atoms with Crippen molar-refractivity contribution in [1.82, 2.24) is 15.3 Å². The average Bonchev–Trinajstić information content (AvgIpc) is 2.54. The van der Waals surface area contributed by atoms with E-state index in [1.165, 1.54) is 6.20 Å².